The van der Waals surface area contributed by atoms with Crippen molar-refractivity contribution in [1.82, 2.24) is 19.5 Å². The van der Waals surface area contributed by atoms with Gasteiger partial charge in [-0.3, -0.25) is 0 Å². The molecule has 0 fully saturated rings. The molecular formula is C64H44N4O2. The van der Waals surface area contributed by atoms with Gasteiger partial charge in [0.05, 0.1) is 11.0 Å². The van der Waals surface area contributed by atoms with Crippen LogP contribution in [0, 0.1) is 0 Å². The number of nitrogens with zero attached hydrogens (tertiary/aromatic N) is 4. The summed E-state index contributed by atoms with van der Waals surface area (Å²) in [7, 11) is 0. The number of fused-ring (bicyclic) bond motifs is 11. The summed E-state index contributed by atoms with van der Waals surface area (Å²) in [6.45, 7) is 4.25. The number of aromatic nitrogens is 4. The van der Waals surface area contributed by atoms with Gasteiger partial charge in [-0.15, -0.1) is 0 Å². The van der Waals surface area contributed by atoms with E-state index in [4.69, 9.17) is 23.8 Å². The van der Waals surface area contributed by atoms with Crippen LogP contribution in [0.4, 0.5) is 0 Å². The third-order valence-corrected chi connectivity index (χ3v) is 13.2. The fourth-order valence-electron chi connectivity index (χ4n) is 10.1. The molecule has 70 heavy (non-hydrogen) atoms. The van der Waals surface area contributed by atoms with Gasteiger partial charge >= 0.3 is 0 Å². The van der Waals surface area contributed by atoms with E-state index in [0.29, 0.717) is 17.5 Å². The maximum atomic E-state index is 6.87. The lowest BCUT2D eigenvalue weighted by molar-refractivity contribution is 0.669. The average Bonchev–Trinajstić information content (AvgIpc) is 4.11. The predicted molar refractivity (Wildman–Crippen MR) is 289 cm³/mol. The Balaban J connectivity index is 0.00000156. The first kappa shape index (κ1) is 41.1. The summed E-state index contributed by atoms with van der Waals surface area (Å²) in [6, 6.07) is 76.3. The topological polar surface area (TPSA) is 69.9 Å². The molecule has 6 nitrogen and oxygen atoms in total. The zero-order valence-corrected chi connectivity index (χ0v) is 38.6. The molecule has 0 unspecified atom stereocenters. The molecule has 332 valence electrons. The van der Waals surface area contributed by atoms with Crippen molar-refractivity contribution in [2.45, 2.75) is 20.3 Å². The van der Waals surface area contributed by atoms with Crippen LogP contribution in [-0.4, -0.2) is 19.5 Å². The molecule has 0 radical (unpaired) electrons. The molecule has 0 amide bonds. The van der Waals surface area contributed by atoms with Gasteiger partial charge in [0.15, 0.2) is 17.5 Å². The number of benzene rings is 10. The standard InChI is InChI=1S/C61H36N4O2.C3H8/c1-3-14-37(15-4-1)40-29-32-52-51(35-40)48-24-12-23-47(49-25-13-26-50-56-44-21-8-7-16-38(44)30-33-54(56)67-58(49)50)57(48)65(52)43-20-11-19-41(34-43)60-62-59(39-17-5-2-6-18-39)63-61(64-60)42-28-31-46-45-22-9-10-27-53(45)66-55(46)36-42;1-3-2/h1-36H;3H2,1-2H3. The second kappa shape index (κ2) is 16.9. The van der Waals surface area contributed by atoms with Gasteiger partial charge in [0, 0.05) is 65.8 Å². The van der Waals surface area contributed by atoms with Crippen LogP contribution in [0.2, 0.25) is 0 Å². The third kappa shape index (κ3) is 6.83. The van der Waals surface area contributed by atoms with Crippen molar-refractivity contribution in [2.75, 3.05) is 0 Å². The second-order valence-corrected chi connectivity index (χ2v) is 17.8. The molecule has 0 saturated heterocycles. The van der Waals surface area contributed by atoms with Gasteiger partial charge in [-0.05, 0) is 70.4 Å². The summed E-state index contributed by atoms with van der Waals surface area (Å²) in [5, 5.41) is 9.02. The molecule has 4 heterocycles. The summed E-state index contributed by atoms with van der Waals surface area (Å²) in [6.07, 6.45) is 1.25. The molecule has 0 N–H and O–H groups in total. The minimum Gasteiger partial charge on any atom is -0.456 e. The average molecular weight is 901 g/mol. The first-order valence-electron chi connectivity index (χ1n) is 23.9. The van der Waals surface area contributed by atoms with E-state index in [1.54, 1.807) is 0 Å². The minimum atomic E-state index is 0.566. The monoisotopic (exact) mass is 900 g/mol. The number of furan rings is 2. The van der Waals surface area contributed by atoms with Crippen molar-refractivity contribution < 1.29 is 8.83 Å². The molecule has 14 rings (SSSR count). The summed E-state index contributed by atoms with van der Waals surface area (Å²) in [4.78, 5) is 15.4. The van der Waals surface area contributed by atoms with Crippen molar-refractivity contribution in [1.29, 1.82) is 0 Å². The quantitative estimate of drug-likeness (QED) is 0.166. The molecule has 6 heteroatoms. The fraction of sp³-hybridized carbons (Fsp3) is 0.0469. The van der Waals surface area contributed by atoms with Gasteiger partial charge in [0.1, 0.15) is 22.3 Å². The zero-order chi connectivity index (χ0) is 46.7. The van der Waals surface area contributed by atoms with E-state index in [1.807, 2.05) is 54.6 Å². The first-order chi connectivity index (χ1) is 34.6. The van der Waals surface area contributed by atoms with Crippen LogP contribution in [0.5, 0.6) is 0 Å². The van der Waals surface area contributed by atoms with E-state index in [9.17, 15) is 0 Å². The van der Waals surface area contributed by atoms with E-state index in [-0.39, 0.29) is 0 Å². The van der Waals surface area contributed by atoms with Crippen molar-refractivity contribution in [3.8, 4) is 62.1 Å². The Kier molecular flexibility index (Phi) is 9.91. The Hall–Kier alpha value is -9.13. The zero-order valence-electron chi connectivity index (χ0n) is 38.6. The van der Waals surface area contributed by atoms with Crippen LogP contribution >= 0.6 is 0 Å². The molecule has 0 aliphatic carbocycles. The van der Waals surface area contributed by atoms with Crippen LogP contribution in [-0.2, 0) is 0 Å². The normalized spacial score (nSPS) is 11.6. The molecule has 4 aromatic heterocycles. The van der Waals surface area contributed by atoms with E-state index < -0.39 is 0 Å². The summed E-state index contributed by atoms with van der Waals surface area (Å²) >= 11 is 0. The maximum absolute atomic E-state index is 6.87. The molecule has 0 saturated carbocycles. The van der Waals surface area contributed by atoms with Gasteiger partial charge in [0.25, 0.3) is 0 Å². The molecule has 14 aromatic rings. The Labute approximate surface area is 403 Å². The van der Waals surface area contributed by atoms with Crippen LogP contribution in [0.1, 0.15) is 20.3 Å². The smallest absolute Gasteiger partial charge is 0.164 e. The number of hydrogen-bond donors (Lipinski definition) is 0. The number of hydrogen-bond acceptors (Lipinski definition) is 5. The summed E-state index contributed by atoms with van der Waals surface area (Å²) in [5.41, 5.74) is 13.6. The Morgan fingerprint density at radius 1 is 0.371 bits per heavy atom. The highest BCUT2D eigenvalue weighted by molar-refractivity contribution is 6.22. The lowest BCUT2D eigenvalue weighted by Crippen LogP contribution is -2.01. The Bertz CT molecular complexity index is 4300. The Morgan fingerprint density at radius 2 is 0.971 bits per heavy atom. The lowest BCUT2D eigenvalue weighted by atomic mass is 9.97. The number of para-hydroxylation sites is 3. The van der Waals surface area contributed by atoms with Gasteiger partial charge in [-0.2, -0.15) is 0 Å². The highest BCUT2D eigenvalue weighted by atomic mass is 16.3. The first-order valence-corrected chi connectivity index (χ1v) is 23.9. The van der Waals surface area contributed by atoms with Gasteiger partial charge in [-0.1, -0.05) is 190 Å². The second-order valence-electron chi connectivity index (χ2n) is 17.8. The molecule has 10 aromatic carbocycles. The van der Waals surface area contributed by atoms with Gasteiger partial charge in [-0.25, -0.2) is 15.0 Å². The number of rotatable bonds is 6. The fourth-order valence-corrected chi connectivity index (χ4v) is 10.1. The molecule has 0 atom stereocenters. The van der Waals surface area contributed by atoms with Crippen LogP contribution in [0.15, 0.2) is 227 Å². The summed E-state index contributed by atoms with van der Waals surface area (Å²) < 4.78 is 15.6. The van der Waals surface area contributed by atoms with E-state index in [0.717, 1.165) is 105 Å². The van der Waals surface area contributed by atoms with Crippen LogP contribution < -0.4 is 0 Å². The van der Waals surface area contributed by atoms with Crippen molar-refractivity contribution in [3.05, 3.63) is 218 Å². The molecule has 0 aliphatic rings. The van der Waals surface area contributed by atoms with Gasteiger partial charge in [0.2, 0.25) is 0 Å². The predicted octanol–water partition coefficient (Wildman–Crippen LogP) is 17.7. The molecule has 0 spiro atoms. The molecular weight excluding hydrogens is 857 g/mol. The molecule has 0 bridgehead atoms. The lowest BCUT2D eigenvalue weighted by Gasteiger charge is -2.14. The maximum Gasteiger partial charge on any atom is 0.164 e. The van der Waals surface area contributed by atoms with Crippen molar-refractivity contribution >= 4 is 76.5 Å². The van der Waals surface area contributed by atoms with Crippen LogP contribution in [0.3, 0.4) is 0 Å². The summed E-state index contributed by atoms with van der Waals surface area (Å²) in [5.74, 6) is 1.73. The highest BCUT2D eigenvalue weighted by Gasteiger charge is 2.22. The van der Waals surface area contributed by atoms with E-state index in [2.05, 4.69) is 182 Å². The van der Waals surface area contributed by atoms with E-state index >= 15 is 0 Å². The van der Waals surface area contributed by atoms with E-state index in [1.165, 1.54) is 22.8 Å². The minimum absolute atomic E-state index is 0.566. The molecule has 0 aliphatic heterocycles. The Morgan fingerprint density at radius 3 is 1.77 bits per heavy atom. The third-order valence-electron chi connectivity index (χ3n) is 13.2. The van der Waals surface area contributed by atoms with Crippen molar-refractivity contribution in [2.24, 2.45) is 0 Å². The van der Waals surface area contributed by atoms with Gasteiger partial charge < -0.3 is 13.4 Å². The SMILES string of the molecule is CCC.c1ccc(-c2ccc3c(c2)c2cccc(-c4cccc5c4oc4ccc6ccccc6c45)c2n3-c2cccc(-c3nc(-c4ccccc4)nc(-c4ccc5c(c4)oc4ccccc45)n3)c2)cc1. The highest BCUT2D eigenvalue weighted by Crippen LogP contribution is 2.45. The largest absolute Gasteiger partial charge is 0.456 e. The van der Waals surface area contributed by atoms with Crippen molar-refractivity contribution in [3.63, 3.8) is 0 Å². The van der Waals surface area contributed by atoms with Crippen LogP contribution in [0.25, 0.3) is 139 Å².